The lowest BCUT2D eigenvalue weighted by Gasteiger charge is -2.16. The van der Waals surface area contributed by atoms with E-state index in [0.717, 1.165) is 22.4 Å². The number of sulfone groups is 1. The Hall–Kier alpha value is -3.72. The molecule has 1 aliphatic rings. The Balaban J connectivity index is 1.44. The largest absolute Gasteiger partial charge is 0.493 e. The van der Waals surface area contributed by atoms with Crippen LogP contribution in [0.25, 0.3) is 11.1 Å². The van der Waals surface area contributed by atoms with Crippen LogP contribution < -0.4 is 24.3 Å². The van der Waals surface area contributed by atoms with E-state index in [1.807, 2.05) is 18.2 Å². The lowest BCUT2D eigenvalue weighted by molar-refractivity contribution is 0.0929. The number of benzene rings is 3. The fourth-order valence-corrected chi connectivity index (χ4v) is 4.72. The molecule has 0 saturated heterocycles. The number of ether oxygens (including phenoxy) is 4. The first-order valence-electron chi connectivity index (χ1n) is 10.9. The Kier molecular flexibility index (Phi) is 6.88. The molecule has 0 spiro atoms. The van der Waals surface area contributed by atoms with Gasteiger partial charge in [0.2, 0.25) is 5.75 Å². The van der Waals surface area contributed by atoms with E-state index in [4.69, 9.17) is 18.9 Å². The van der Waals surface area contributed by atoms with Crippen molar-refractivity contribution >= 4 is 15.7 Å². The fraction of sp³-hybridized carbons (Fsp3) is 0.269. The zero-order valence-electron chi connectivity index (χ0n) is 20.0. The topological polar surface area (TPSA) is 100 Å². The first-order chi connectivity index (χ1) is 16.7. The zero-order chi connectivity index (χ0) is 25.2. The molecule has 3 aromatic rings. The second-order valence-electron chi connectivity index (χ2n) is 8.15. The molecule has 0 bridgehead atoms. The number of nitrogens with one attached hydrogen (secondary N) is 1. The third-order valence-electron chi connectivity index (χ3n) is 5.86. The fourth-order valence-electron chi connectivity index (χ4n) is 4.09. The minimum Gasteiger partial charge on any atom is -0.493 e. The summed E-state index contributed by atoms with van der Waals surface area (Å²) in [6.45, 7) is 0.309. The summed E-state index contributed by atoms with van der Waals surface area (Å²) in [5.74, 6) is 1.58. The van der Waals surface area contributed by atoms with Gasteiger partial charge in [0.25, 0.3) is 5.91 Å². The number of methoxy groups -OCH3 is 3. The number of hydrogen-bond acceptors (Lipinski definition) is 7. The normalized spacial score (nSPS) is 14.6. The summed E-state index contributed by atoms with van der Waals surface area (Å²) >= 11 is 0. The van der Waals surface area contributed by atoms with Gasteiger partial charge in [-0.25, -0.2) is 8.42 Å². The third kappa shape index (κ3) is 5.05. The summed E-state index contributed by atoms with van der Waals surface area (Å²) in [5.41, 5.74) is 3.24. The van der Waals surface area contributed by atoms with Crippen LogP contribution in [0.4, 0.5) is 0 Å². The minimum atomic E-state index is -3.24. The van der Waals surface area contributed by atoms with Crippen LogP contribution >= 0.6 is 0 Å². The molecule has 0 aromatic heterocycles. The second-order valence-corrected chi connectivity index (χ2v) is 10.2. The Morgan fingerprint density at radius 2 is 1.63 bits per heavy atom. The van der Waals surface area contributed by atoms with Crippen molar-refractivity contribution < 1.29 is 32.2 Å². The zero-order valence-corrected chi connectivity index (χ0v) is 20.8. The highest BCUT2D eigenvalue weighted by Gasteiger charge is 2.26. The van der Waals surface area contributed by atoms with Gasteiger partial charge in [-0.2, -0.15) is 0 Å². The van der Waals surface area contributed by atoms with E-state index in [1.165, 1.54) is 27.6 Å². The van der Waals surface area contributed by atoms with Crippen molar-refractivity contribution in [2.45, 2.75) is 17.4 Å². The maximum atomic E-state index is 12.9. The van der Waals surface area contributed by atoms with Gasteiger partial charge in [0, 0.05) is 12.7 Å². The average molecular weight is 498 g/mol. The van der Waals surface area contributed by atoms with E-state index in [1.54, 1.807) is 36.4 Å². The van der Waals surface area contributed by atoms with Crippen LogP contribution in [0.15, 0.2) is 59.5 Å². The Morgan fingerprint density at radius 1 is 0.943 bits per heavy atom. The Bertz CT molecular complexity index is 1350. The molecule has 0 aliphatic carbocycles. The molecule has 1 N–H and O–H groups in total. The van der Waals surface area contributed by atoms with Crippen LogP contribution in [-0.4, -0.2) is 54.6 Å². The highest BCUT2D eigenvalue weighted by molar-refractivity contribution is 7.90. The molecule has 4 rings (SSSR count). The maximum Gasteiger partial charge on any atom is 0.255 e. The molecule has 1 heterocycles. The van der Waals surface area contributed by atoms with Crippen LogP contribution in [0, 0.1) is 0 Å². The van der Waals surface area contributed by atoms with Gasteiger partial charge in [-0.05, 0) is 53.1 Å². The van der Waals surface area contributed by atoms with Gasteiger partial charge in [0.15, 0.2) is 21.3 Å². The first kappa shape index (κ1) is 24.4. The van der Waals surface area contributed by atoms with Crippen molar-refractivity contribution in [3.63, 3.8) is 0 Å². The van der Waals surface area contributed by atoms with Gasteiger partial charge in [0.1, 0.15) is 11.9 Å². The molecule has 3 aromatic carbocycles. The van der Waals surface area contributed by atoms with Crippen molar-refractivity contribution in [1.82, 2.24) is 5.32 Å². The molecule has 0 fully saturated rings. The highest BCUT2D eigenvalue weighted by Crippen LogP contribution is 2.39. The van der Waals surface area contributed by atoms with Gasteiger partial charge in [-0.3, -0.25) is 4.79 Å². The predicted octanol–water partition coefficient (Wildman–Crippen LogP) is 3.52. The molecule has 35 heavy (non-hydrogen) atoms. The van der Waals surface area contributed by atoms with Crippen molar-refractivity contribution in [3.05, 3.63) is 65.7 Å². The van der Waals surface area contributed by atoms with Crippen molar-refractivity contribution in [1.29, 1.82) is 0 Å². The summed E-state index contributed by atoms with van der Waals surface area (Å²) < 4.78 is 45.4. The van der Waals surface area contributed by atoms with E-state index in [-0.39, 0.29) is 16.9 Å². The van der Waals surface area contributed by atoms with Gasteiger partial charge in [0.05, 0.1) is 38.3 Å². The van der Waals surface area contributed by atoms with E-state index < -0.39 is 9.84 Å². The minimum absolute atomic E-state index is 0.219. The summed E-state index contributed by atoms with van der Waals surface area (Å²) in [7, 11) is 1.23. The second kappa shape index (κ2) is 9.87. The number of amides is 1. The standard InChI is InChI=1S/C26H27NO7S/c1-31-23-12-10-21(24(32-2)25(23)33-3)26(28)27-15-19-14-18-13-17(7-11-22(18)34-19)16-5-8-20(9-6-16)35(4,29)30/h5-13,19H,14-15H2,1-4H3,(H,27,28). The molecule has 1 aliphatic heterocycles. The van der Waals surface area contributed by atoms with E-state index in [2.05, 4.69) is 5.32 Å². The smallest absolute Gasteiger partial charge is 0.255 e. The molecule has 0 radical (unpaired) electrons. The lowest BCUT2D eigenvalue weighted by atomic mass is 10.0. The number of rotatable bonds is 8. The molecule has 8 nitrogen and oxygen atoms in total. The van der Waals surface area contributed by atoms with E-state index >= 15 is 0 Å². The van der Waals surface area contributed by atoms with Crippen molar-refractivity contribution in [2.75, 3.05) is 34.1 Å². The van der Waals surface area contributed by atoms with Crippen LogP contribution in [0.3, 0.4) is 0 Å². The van der Waals surface area contributed by atoms with Crippen LogP contribution in [0.2, 0.25) is 0 Å². The molecule has 184 valence electrons. The van der Waals surface area contributed by atoms with Gasteiger partial charge < -0.3 is 24.3 Å². The predicted molar refractivity (Wildman–Crippen MR) is 132 cm³/mol. The summed E-state index contributed by atoms with van der Waals surface area (Å²) in [4.78, 5) is 13.2. The molecular formula is C26H27NO7S. The Labute approximate surface area is 204 Å². The Morgan fingerprint density at radius 3 is 2.26 bits per heavy atom. The third-order valence-corrected chi connectivity index (χ3v) is 6.99. The van der Waals surface area contributed by atoms with Crippen LogP contribution in [0.5, 0.6) is 23.0 Å². The molecule has 9 heteroatoms. The monoisotopic (exact) mass is 497 g/mol. The molecule has 1 unspecified atom stereocenters. The SMILES string of the molecule is COc1ccc(C(=O)NCC2Cc3cc(-c4ccc(S(C)(=O)=O)cc4)ccc3O2)c(OC)c1OC. The number of carbonyl (C=O) groups excluding carboxylic acids is 1. The van der Waals surface area contributed by atoms with Gasteiger partial charge >= 0.3 is 0 Å². The van der Waals surface area contributed by atoms with E-state index in [9.17, 15) is 13.2 Å². The summed E-state index contributed by atoms with van der Waals surface area (Å²) in [5, 5.41) is 2.91. The summed E-state index contributed by atoms with van der Waals surface area (Å²) in [6.07, 6.45) is 1.60. The number of fused-ring (bicyclic) bond motifs is 1. The number of carbonyl (C=O) groups is 1. The molecular weight excluding hydrogens is 470 g/mol. The van der Waals surface area contributed by atoms with Crippen LogP contribution in [-0.2, 0) is 16.3 Å². The van der Waals surface area contributed by atoms with Gasteiger partial charge in [-0.15, -0.1) is 0 Å². The summed E-state index contributed by atoms with van der Waals surface area (Å²) in [6, 6.07) is 15.9. The quantitative estimate of drug-likeness (QED) is 0.508. The van der Waals surface area contributed by atoms with E-state index in [0.29, 0.717) is 35.8 Å². The van der Waals surface area contributed by atoms with Gasteiger partial charge in [-0.1, -0.05) is 18.2 Å². The van der Waals surface area contributed by atoms with Crippen LogP contribution in [0.1, 0.15) is 15.9 Å². The highest BCUT2D eigenvalue weighted by atomic mass is 32.2. The lowest BCUT2D eigenvalue weighted by Crippen LogP contribution is -2.34. The van der Waals surface area contributed by atoms with Crippen molar-refractivity contribution in [2.24, 2.45) is 0 Å². The number of hydrogen-bond donors (Lipinski definition) is 1. The molecule has 1 amide bonds. The molecule has 0 saturated carbocycles. The first-order valence-corrected chi connectivity index (χ1v) is 12.8. The van der Waals surface area contributed by atoms with Crippen molar-refractivity contribution in [3.8, 4) is 34.1 Å². The maximum absolute atomic E-state index is 12.9. The average Bonchev–Trinajstić information content (AvgIpc) is 3.28. The molecule has 1 atom stereocenters.